The highest BCUT2D eigenvalue weighted by atomic mass is 16.5. The molecular formula is C9H15NO. The average molecular weight is 153 g/mol. The topological polar surface area (TPSA) is 26.0 Å². The summed E-state index contributed by atoms with van der Waals surface area (Å²) in [5.41, 5.74) is 0.177. The van der Waals surface area contributed by atoms with Crippen LogP contribution >= 0.6 is 0 Å². The molecule has 0 atom stereocenters. The van der Waals surface area contributed by atoms with Crippen molar-refractivity contribution in [2.24, 2.45) is 0 Å². The van der Waals surface area contributed by atoms with E-state index >= 15 is 0 Å². The van der Waals surface area contributed by atoms with Gasteiger partial charge in [0.2, 0.25) is 0 Å². The van der Waals surface area contributed by atoms with Crippen molar-refractivity contribution in [1.29, 1.82) is 0 Å². The summed E-state index contributed by atoms with van der Waals surface area (Å²) >= 11 is 0. The van der Waals surface area contributed by atoms with Crippen molar-refractivity contribution >= 4 is 0 Å². The molecule has 2 nitrogen and oxygen atoms in total. The third-order valence-electron chi connectivity index (χ3n) is 2.59. The molecule has 62 valence electrons. The first-order chi connectivity index (χ1) is 5.23. The van der Waals surface area contributed by atoms with Gasteiger partial charge in [-0.3, -0.25) is 0 Å². The Bertz CT molecular complexity index is 199. The van der Waals surface area contributed by atoms with Crippen LogP contribution in [0.4, 0.5) is 0 Å². The van der Waals surface area contributed by atoms with Crippen LogP contribution in [0.5, 0.6) is 0 Å². The van der Waals surface area contributed by atoms with Crippen molar-refractivity contribution < 1.29 is 4.52 Å². The lowest BCUT2D eigenvalue weighted by Gasteiger charge is -2.22. The first kappa shape index (κ1) is 8.31. The summed E-state index contributed by atoms with van der Waals surface area (Å²) in [6.07, 6.45) is 3.90. The van der Waals surface area contributed by atoms with E-state index in [9.17, 15) is 0 Å². The molecule has 0 radical (unpaired) electrons. The highest BCUT2D eigenvalue weighted by molar-refractivity contribution is 5.08. The molecule has 1 aromatic rings. The molecule has 11 heavy (non-hydrogen) atoms. The van der Waals surface area contributed by atoms with Crippen LogP contribution in [0.2, 0.25) is 0 Å². The first-order valence-corrected chi connectivity index (χ1v) is 4.14. The Morgan fingerprint density at radius 1 is 1.45 bits per heavy atom. The summed E-state index contributed by atoms with van der Waals surface area (Å²) in [6.45, 7) is 6.55. The lowest BCUT2D eigenvalue weighted by Crippen LogP contribution is -2.18. The minimum absolute atomic E-state index is 0.177. The van der Waals surface area contributed by atoms with Gasteiger partial charge in [-0.25, -0.2) is 0 Å². The van der Waals surface area contributed by atoms with E-state index in [2.05, 4.69) is 25.9 Å². The van der Waals surface area contributed by atoms with Crippen LogP contribution in [-0.4, -0.2) is 5.16 Å². The minimum Gasteiger partial charge on any atom is -0.361 e. The maximum atomic E-state index is 5.13. The van der Waals surface area contributed by atoms with E-state index in [1.807, 2.05) is 6.07 Å². The molecule has 1 heterocycles. The van der Waals surface area contributed by atoms with Gasteiger partial charge in [-0.2, -0.15) is 0 Å². The monoisotopic (exact) mass is 153 g/mol. The second-order valence-electron chi connectivity index (χ2n) is 3.14. The fourth-order valence-corrected chi connectivity index (χ4v) is 1.13. The van der Waals surface area contributed by atoms with Crippen LogP contribution in [0.15, 0.2) is 16.8 Å². The van der Waals surface area contributed by atoms with E-state index in [1.165, 1.54) is 0 Å². The third-order valence-corrected chi connectivity index (χ3v) is 2.59. The van der Waals surface area contributed by atoms with Crippen LogP contribution in [0.1, 0.15) is 39.4 Å². The lowest BCUT2D eigenvalue weighted by atomic mass is 9.82. The van der Waals surface area contributed by atoms with E-state index in [4.69, 9.17) is 4.52 Å². The summed E-state index contributed by atoms with van der Waals surface area (Å²) in [6, 6.07) is 1.95. The van der Waals surface area contributed by atoms with Crippen LogP contribution in [0, 0.1) is 0 Å². The summed E-state index contributed by atoms with van der Waals surface area (Å²) < 4.78 is 5.13. The van der Waals surface area contributed by atoms with E-state index in [0.717, 1.165) is 18.6 Å². The van der Waals surface area contributed by atoms with E-state index in [1.54, 1.807) is 6.20 Å². The normalized spacial score (nSPS) is 11.9. The molecule has 1 aromatic heterocycles. The van der Waals surface area contributed by atoms with Crippen LogP contribution in [-0.2, 0) is 5.41 Å². The molecule has 0 amide bonds. The van der Waals surface area contributed by atoms with Gasteiger partial charge in [0, 0.05) is 11.5 Å². The van der Waals surface area contributed by atoms with E-state index in [-0.39, 0.29) is 5.41 Å². The second-order valence-corrected chi connectivity index (χ2v) is 3.14. The number of aromatic nitrogens is 1. The lowest BCUT2D eigenvalue weighted by molar-refractivity contribution is 0.289. The van der Waals surface area contributed by atoms with Gasteiger partial charge in [0.15, 0.2) is 0 Å². The number of rotatable bonds is 3. The van der Waals surface area contributed by atoms with Gasteiger partial charge < -0.3 is 4.52 Å². The zero-order valence-electron chi connectivity index (χ0n) is 7.42. The quantitative estimate of drug-likeness (QED) is 0.667. The number of nitrogens with zero attached hydrogens (tertiary/aromatic N) is 1. The predicted molar refractivity (Wildman–Crippen MR) is 44.4 cm³/mol. The maximum Gasteiger partial charge on any atom is 0.142 e. The molecule has 0 spiro atoms. The Kier molecular flexibility index (Phi) is 2.32. The number of hydrogen-bond donors (Lipinski definition) is 0. The molecule has 0 saturated carbocycles. The zero-order chi connectivity index (χ0) is 8.32. The molecule has 0 unspecified atom stereocenters. The van der Waals surface area contributed by atoms with Crippen molar-refractivity contribution in [2.45, 2.75) is 39.0 Å². The van der Waals surface area contributed by atoms with Crippen molar-refractivity contribution in [2.75, 3.05) is 0 Å². The molecule has 1 rings (SSSR count). The third kappa shape index (κ3) is 1.44. The Morgan fingerprint density at radius 3 is 2.45 bits per heavy atom. The van der Waals surface area contributed by atoms with Crippen LogP contribution < -0.4 is 0 Å². The smallest absolute Gasteiger partial charge is 0.142 e. The molecule has 2 heteroatoms. The Hall–Kier alpha value is -0.790. The fourth-order valence-electron chi connectivity index (χ4n) is 1.13. The van der Waals surface area contributed by atoms with Gasteiger partial charge in [-0.15, -0.1) is 0 Å². The van der Waals surface area contributed by atoms with Gasteiger partial charge in [0.05, 0.1) is 6.20 Å². The van der Waals surface area contributed by atoms with Crippen molar-refractivity contribution in [3.05, 3.63) is 18.0 Å². The summed E-state index contributed by atoms with van der Waals surface area (Å²) in [5.74, 6) is 1.00. The van der Waals surface area contributed by atoms with Crippen LogP contribution in [0.25, 0.3) is 0 Å². The van der Waals surface area contributed by atoms with Gasteiger partial charge >= 0.3 is 0 Å². The maximum absolute atomic E-state index is 5.13. The molecule has 0 aliphatic carbocycles. The largest absolute Gasteiger partial charge is 0.361 e. The summed E-state index contributed by atoms with van der Waals surface area (Å²) in [7, 11) is 0. The zero-order valence-corrected chi connectivity index (χ0v) is 7.42. The van der Waals surface area contributed by atoms with Crippen LogP contribution in [0.3, 0.4) is 0 Å². The summed E-state index contributed by atoms with van der Waals surface area (Å²) in [4.78, 5) is 0. The number of hydrogen-bond acceptors (Lipinski definition) is 2. The molecule has 0 aliphatic rings. The minimum atomic E-state index is 0.177. The predicted octanol–water partition coefficient (Wildman–Crippen LogP) is 2.75. The molecule has 0 saturated heterocycles. The first-order valence-electron chi connectivity index (χ1n) is 4.14. The highest BCUT2D eigenvalue weighted by Gasteiger charge is 2.25. The fraction of sp³-hybridized carbons (Fsp3) is 0.667. The standard InChI is InChI=1S/C9H15NO/c1-4-9(3,5-2)8-6-7-10-11-8/h6-7H,4-5H2,1-3H3. The highest BCUT2D eigenvalue weighted by Crippen LogP contribution is 2.30. The molecular weight excluding hydrogens is 138 g/mol. The van der Waals surface area contributed by atoms with Crippen molar-refractivity contribution in [1.82, 2.24) is 5.16 Å². The second kappa shape index (κ2) is 3.07. The van der Waals surface area contributed by atoms with Crippen molar-refractivity contribution in [3.8, 4) is 0 Å². The van der Waals surface area contributed by atoms with Gasteiger partial charge in [-0.1, -0.05) is 25.9 Å². The van der Waals surface area contributed by atoms with E-state index < -0.39 is 0 Å². The Morgan fingerprint density at radius 2 is 2.09 bits per heavy atom. The van der Waals surface area contributed by atoms with E-state index in [0.29, 0.717) is 0 Å². The molecule has 0 bridgehead atoms. The molecule has 0 N–H and O–H groups in total. The van der Waals surface area contributed by atoms with Crippen molar-refractivity contribution in [3.63, 3.8) is 0 Å². The average Bonchev–Trinajstić information content (AvgIpc) is 2.55. The van der Waals surface area contributed by atoms with Gasteiger partial charge in [0.1, 0.15) is 5.76 Å². The van der Waals surface area contributed by atoms with Gasteiger partial charge in [-0.05, 0) is 12.8 Å². The molecule has 0 fully saturated rings. The SMILES string of the molecule is CCC(C)(CC)c1ccno1. The molecule has 0 aliphatic heterocycles. The Labute approximate surface area is 67.6 Å². The Balaban J connectivity index is 2.87. The van der Waals surface area contributed by atoms with Gasteiger partial charge in [0.25, 0.3) is 0 Å². The molecule has 0 aromatic carbocycles. The summed E-state index contributed by atoms with van der Waals surface area (Å²) in [5, 5.41) is 3.71.